The lowest BCUT2D eigenvalue weighted by Crippen LogP contribution is -2.29. The molecule has 1 saturated carbocycles. The summed E-state index contributed by atoms with van der Waals surface area (Å²) in [6, 6.07) is 9.17. The first-order valence-electron chi connectivity index (χ1n) is 9.45. The summed E-state index contributed by atoms with van der Waals surface area (Å²) >= 11 is 1.30. The van der Waals surface area contributed by atoms with E-state index in [4.69, 9.17) is 9.51 Å². The number of benzene rings is 1. The van der Waals surface area contributed by atoms with E-state index in [1.807, 2.05) is 24.3 Å². The third kappa shape index (κ3) is 3.69. The first-order valence-corrected chi connectivity index (χ1v) is 10.3. The summed E-state index contributed by atoms with van der Waals surface area (Å²) in [5.74, 6) is 0.801. The fraction of sp³-hybridized carbons (Fsp3) is 0.400. The number of carbonyl (C=O) groups is 1. The number of amides is 1. The number of nitrogens with zero attached hydrogens (tertiary/aromatic N) is 3. The van der Waals surface area contributed by atoms with E-state index in [-0.39, 0.29) is 17.5 Å². The van der Waals surface area contributed by atoms with E-state index in [9.17, 15) is 9.59 Å². The SMILES string of the molecule is Cc1cc(NC(=O)C(C)Sc2nc3ccccc3c(=O)n2C2CCCC2)no1. The Morgan fingerprint density at radius 3 is 2.79 bits per heavy atom. The molecule has 1 N–H and O–H groups in total. The van der Waals surface area contributed by atoms with Crippen LogP contribution in [0.1, 0.15) is 44.4 Å². The van der Waals surface area contributed by atoms with E-state index in [0.717, 1.165) is 25.7 Å². The highest BCUT2D eigenvalue weighted by atomic mass is 32.2. The Bertz CT molecular complexity index is 1070. The minimum Gasteiger partial charge on any atom is -0.360 e. The predicted octanol–water partition coefficient (Wildman–Crippen LogP) is 3.93. The number of carbonyl (C=O) groups excluding carboxylic acids is 1. The highest BCUT2D eigenvalue weighted by Crippen LogP contribution is 2.33. The van der Waals surface area contributed by atoms with Crippen molar-refractivity contribution in [2.75, 3.05) is 5.32 Å². The maximum absolute atomic E-state index is 13.2. The average molecular weight is 398 g/mol. The summed E-state index contributed by atoms with van der Waals surface area (Å²) in [6.45, 7) is 3.56. The van der Waals surface area contributed by atoms with E-state index in [1.54, 1.807) is 24.5 Å². The van der Waals surface area contributed by atoms with Crippen molar-refractivity contribution in [3.8, 4) is 0 Å². The molecular formula is C20H22N4O3S. The number of aromatic nitrogens is 3. The normalized spacial score (nSPS) is 15.8. The molecule has 0 spiro atoms. The molecule has 7 nitrogen and oxygen atoms in total. The zero-order valence-electron chi connectivity index (χ0n) is 15.8. The maximum atomic E-state index is 13.2. The molecule has 0 bridgehead atoms. The molecule has 2 aromatic heterocycles. The Kier molecular flexibility index (Phi) is 5.21. The third-order valence-electron chi connectivity index (χ3n) is 5.00. The minimum absolute atomic E-state index is 0.0280. The van der Waals surface area contributed by atoms with Crippen LogP contribution in [-0.4, -0.2) is 25.9 Å². The summed E-state index contributed by atoms with van der Waals surface area (Å²) < 4.78 is 6.78. The summed E-state index contributed by atoms with van der Waals surface area (Å²) in [5, 5.41) is 7.30. The molecule has 1 fully saturated rings. The van der Waals surface area contributed by atoms with Crippen molar-refractivity contribution in [3.63, 3.8) is 0 Å². The Labute approximate surface area is 166 Å². The average Bonchev–Trinajstić information content (AvgIpc) is 3.34. The van der Waals surface area contributed by atoms with E-state index in [2.05, 4.69) is 10.5 Å². The third-order valence-corrected chi connectivity index (χ3v) is 6.06. The van der Waals surface area contributed by atoms with E-state index >= 15 is 0 Å². The molecule has 2 heterocycles. The fourth-order valence-corrected chi connectivity index (χ4v) is 4.54. The second-order valence-corrected chi connectivity index (χ2v) is 8.41. The predicted molar refractivity (Wildman–Crippen MR) is 109 cm³/mol. The van der Waals surface area contributed by atoms with Crippen LogP contribution in [-0.2, 0) is 4.79 Å². The molecule has 8 heteroatoms. The van der Waals surface area contributed by atoms with Gasteiger partial charge in [0.1, 0.15) is 5.76 Å². The van der Waals surface area contributed by atoms with Crippen molar-refractivity contribution in [1.29, 1.82) is 0 Å². The lowest BCUT2D eigenvalue weighted by atomic mass is 10.2. The van der Waals surface area contributed by atoms with Gasteiger partial charge in [-0.2, -0.15) is 0 Å². The first-order chi connectivity index (χ1) is 13.5. The van der Waals surface area contributed by atoms with Gasteiger partial charge in [0.15, 0.2) is 11.0 Å². The van der Waals surface area contributed by atoms with Crippen molar-refractivity contribution in [3.05, 3.63) is 46.4 Å². The molecule has 146 valence electrons. The van der Waals surface area contributed by atoms with Crippen molar-refractivity contribution >= 4 is 34.4 Å². The molecule has 0 radical (unpaired) electrons. The number of nitrogens with one attached hydrogen (secondary N) is 1. The molecule has 1 unspecified atom stereocenters. The molecule has 3 aromatic rings. The summed E-state index contributed by atoms with van der Waals surface area (Å²) in [6.07, 6.45) is 4.14. The van der Waals surface area contributed by atoms with Gasteiger partial charge in [-0.1, -0.05) is 41.9 Å². The number of aryl methyl sites for hydroxylation is 1. The van der Waals surface area contributed by atoms with Crippen molar-refractivity contribution < 1.29 is 9.32 Å². The van der Waals surface area contributed by atoms with Crippen LogP contribution >= 0.6 is 11.8 Å². The van der Waals surface area contributed by atoms with Gasteiger partial charge in [-0.15, -0.1) is 0 Å². The lowest BCUT2D eigenvalue weighted by molar-refractivity contribution is -0.115. The Hall–Kier alpha value is -2.61. The topological polar surface area (TPSA) is 90.0 Å². The number of rotatable bonds is 5. The molecule has 1 aromatic carbocycles. The van der Waals surface area contributed by atoms with Gasteiger partial charge < -0.3 is 9.84 Å². The molecule has 28 heavy (non-hydrogen) atoms. The van der Waals surface area contributed by atoms with Gasteiger partial charge >= 0.3 is 0 Å². The quantitative estimate of drug-likeness (QED) is 0.517. The van der Waals surface area contributed by atoms with E-state index < -0.39 is 5.25 Å². The zero-order chi connectivity index (χ0) is 19.7. The number of anilines is 1. The smallest absolute Gasteiger partial charge is 0.262 e. The highest BCUT2D eigenvalue weighted by Gasteiger charge is 2.25. The van der Waals surface area contributed by atoms with Gasteiger partial charge in [0.25, 0.3) is 5.56 Å². The van der Waals surface area contributed by atoms with Crippen LogP contribution in [0.25, 0.3) is 10.9 Å². The van der Waals surface area contributed by atoms with Gasteiger partial charge in [0.05, 0.1) is 16.2 Å². The number of para-hydroxylation sites is 1. The number of thioether (sulfide) groups is 1. The number of fused-ring (bicyclic) bond motifs is 1. The molecular weight excluding hydrogens is 376 g/mol. The van der Waals surface area contributed by atoms with Crippen LogP contribution in [0, 0.1) is 6.92 Å². The van der Waals surface area contributed by atoms with Crippen LogP contribution < -0.4 is 10.9 Å². The molecule has 0 aliphatic heterocycles. The molecule has 4 rings (SSSR count). The van der Waals surface area contributed by atoms with Crippen LogP contribution in [0.4, 0.5) is 5.82 Å². The molecule has 0 saturated heterocycles. The largest absolute Gasteiger partial charge is 0.360 e. The highest BCUT2D eigenvalue weighted by molar-refractivity contribution is 8.00. The summed E-state index contributed by atoms with van der Waals surface area (Å²) in [4.78, 5) is 30.5. The van der Waals surface area contributed by atoms with Crippen LogP contribution in [0.2, 0.25) is 0 Å². The van der Waals surface area contributed by atoms with Crippen molar-refractivity contribution in [1.82, 2.24) is 14.7 Å². The van der Waals surface area contributed by atoms with Gasteiger partial charge in [0, 0.05) is 12.1 Å². The van der Waals surface area contributed by atoms with E-state index in [1.165, 1.54) is 11.8 Å². The lowest BCUT2D eigenvalue weighted by Gasteiger charge is -2.20. The van der Waals surface area contributed by atoms with Crippen LogP contribution in [0.3, 0.4) is 0 Å². The molecule has 1 atom stereocenters. The summed E-state index contributed by atoms with van der Waals surface area (Å²) in [7, 11) is 0. The van der Waals surface area contributed by atoms with Crippen molar-refractivity contribution in [2.24, 2.45) is 0 Å². The summed E-state index contributed by atoms with van der Waals surface area (Å²) in [5.41, 5.74) is 0.628. The maximum Gasteiger partial charge on any atom is 0.262 e. The van der Waals surface area contributed by atoms with Crippen molar-refractivity contribution in [2.45, 2.75) is 56.0 Å². The monoisotopic (exact) mass is 398 g/mol. The standard InChI is InChI=1S/C20H22N4O3S/c1-12-11-17(23-27-12)22-18(25)13(2)28-20-21-16-10-6-5-9-15(16)19(26)24(20)14-7-3-4-8-14/h5-6,9-11,13-14H,3-4,7-8H2,1-2H3,(H,22,23,25). The fourth-order valence-electron chi connectivity index (χ4n) is 3.56. The second kappa shape index (κ2) is 7.79. The first kappa shape index (κ1) is 18.7. The Morgan fingerprint density at radius 1 is 1.32 bits per heavy atom. The number of hydrogen-bond acceptors (Lipinski definition) is 6. The van der Waals surface area contributed by atoms with E-state index in [0.29, 0.717) is 27.6 Å². The molecule has 1 amide bonds. The van der Waals surface area contributed by atoms with Gasteiger partial charge in [-0.05, 0) is 38.8 Å². The van der Waals surface area contributed by atoms with Crippen LogP contribution in [0.15, 0.2) is 44.8 Å². The Morgan fingerprint density at radius 2 is 2.07 bits per heavy atom. The molecule has 1 aliphatic rings. The van der Waals surface area contributed by atoms with Gasteiger partial charge in [0.2, 0.25) is 5.91 Å². The number of hydrogen-bond donors (Lipinski definition) is 1. The zero-order valence-corrected chi connectivity index (χ0v) is 16.7. The minimum atomic E-state index is -0.447. The van der Waals surface area contributed by atoms with Gasteiger partial charge in [-0.3, -0.25) is 14.2 Å². The second-order valence-electron chi connectivity index (χ2n) is 7.10. The molecule has 1 aliphatic carbocycles. The van der Waals surface area contributed by atoms with Gasteiger partial charge in [-0.25, -0.2) is 4.98 Å². The van der Waals surface area contributed by atoms with Crippen LogP contribution in [0.5, 0.6) is 0 Å². The Balaban J connectivity index is 1.65.